The number of fused-ring (bicyclic) bond motifs is 4. The molecule has 3 nitrogen and oxygen atoms in total. The monoisotopic (exact) mass is 530 g/mol. The Morgan fingerprint density at radius 1 is 0.828 bits per heavy atom. The van der Waals surface area contributed by atoms with E-state index in [0.717, 1.165) is 11.8 Å². The highest BCUT2D eigenvalue weighted by atomic mass is 127. The molecule has 0 saturated carbocycles. The van der Waals surface area contributed by atoms with Crippen molar-refractivity contribution in [3.8, 4) is 16.9 Å². The molecule has 0 amide bonds. The van der Waals surface area contributed by atoms with Crippen LogP contribution in [0.2, 0.25) is 0 Å². The molecule has 0 atom stereocenters. The molecular weight excluding hydrogens is 515 g/mol. The molecule has 0 radical (unpaired) electrons. The first kappa shape index (κ1) is 18.8. The number of hydrogen-bond acceptors (Lipinski definition) is 4. The first-order chi connectivity index (χ1) is 13.9. The Morgan fingerprint density at radius 3 is 2.14 bits per heavy atom. The van der Waals surface area contributed by atoms with Crippen molar-refractivity contribution in [2.24, 2.45) is 0 Å². The molecule has 4 aromatic carbocycles. The summed E-state index contributed by atoms with van der Waals surface area (Å²) >= 11 is 4.26. The fourth-order valence-electron chi connectivity index (χ4n) is 3.75. The highest BCUT2D eigenvalue weighted by Crippen LogP contribution is 2.46. The minimum Gasteiger partial charge on any atom is -0.383 e. The lowest BCUT2D eigenvalue weighted by atomic mass is 9.93. The van der Waals surface area contributed by atoms with E-state index >= 15 is 0 Å². The van der Waals surface area contributed by atoms with Crippen LogP contribution in [0.25, 0.3) is 42.1 Å². The van der Waals surface area contributed by atoms with Gasteiger partial charge >= 0.3 is 10.1 Å². The number of thiophene rings is 1. The molecule has 0 fully saturated rings. The van der Waals surface area contributed by atoms with Crippen LogP contribution in [0.3, 0.4) is 0 Å². The average Bonchev–Trinajstić information content (AvgIpc) is 3.08. The van der Waals surface area contributed by atoms with Crippen LogP contribution < -0.4 is 4.18 Å². The Hall–Kier alpha value is -2.16. The summed E-state index contributed by atoms with van der Waals surface area (Å²) in [6.07, 6.45) is 1.05. The maximum Gasteiger partial charge on any atom is 0.306 e. The van der Waals surface area contributed by atoms with Crippen molar-refractivity contribution in [3.63, 3.8) is 0 Å². The number of rotatable bonds is 3. The molecule has 1 heterocycles. The molecule has 6 heteroatoms. The van der Waals surface area contributed by atoms with Crippen molar-refractivity contribution in [2.45, 2.75) is 0 Å². The molecular formula is C23H15IO3S2. The van der Waals surface area contributed by atoms with Crippen LogP contribution in [0.4, 0.5) is 0 Å². The lowest BCUT2D eigenvalue weighted by Crippen LogP contribution is -2.05. The van der Waals surface area contributed by atoms with Crippen molar-refractivity contribution in [1.82, 2.24) is 0 Å². The van der Waals surface area contributed by atoms with Crippen molar-refractivity contribution in [2.75, 3.05) is 6.26 Å². The predicted molar refractivity (Wildman–Crippen MR) is 130 cm³/mol. The first-order valence-corrected chi connectivity index (χ1v) is 12.6. The summed E-state index contributed by atoms with van der Waals surface area (Å²) in [5.41, 5.74) is 2.20. The maximum atomic E-state index is 11.4. The fourth-order valence-corrected chi connectivity index (χ4v) is 6.44. The molecule has 0 N–H and O–H groups in total. The fraction of sp³-hybridized carbons (Fsp3) is 0.0435. The quantitative estimate of drug-likeness (QED) is 0.190. The van der Waals surface area contributed by atoms with E-state index in [0.29, 0.717) is 5.75 Å². The molecule has 29 heavy (non-hydrogen) atoms. The van der Waals surface area contributed by atoms with Gasteiger partial charge in [-0.2, -0.15) is 8.42 Å². The third kappa shape index (κ3) is 3.29. The number of benzene rings is 4. The van der Waals surface area contributed by atoms with E-state index in [-0.39, 0.29) is 0 Å². The normalized spacial score (nSPS) is 12.1. The summed E-state index contributed by atoms with van der Waals surface area (Å²) in [5.74, 6) is 0.317. The molecule has 0 spiro atoms. The average molecular weight is 530 g/mol. The summed E-state index contributed by atoms with van der Waals surface area (Å²) in [6.45, 7) is 0. The zero-order chi connectivity index (χ0) is 20.2. The molecule has 0 aliphatic carbocycles. The van der Waals surface area contributed by atoms with Crippen LogP contribution in [0.15, 0.2) is 72.8 Å². The van der Waals surface area contributed by atoms with Crippen molar-refractivity contribution < 1.29 is 12.6 Å². The van der Waals surface area contributed by atoms with E-state index in [2.05, 4.69) is 71.1 Å². The minimum absolute atomic E-state index is 0.317. The van der Waals surface area contributed by atoms with E-state index in [4.69, 9.17) is 4.18 Å². The number of hydrogen-bond donors (Lipinski definition) is 0. The molecule has 144 valence electrons. The molecule has 1 aromatic heterocycles. The van der Waals surface area contributed by atoms with Crippen LogP contribution in [-0.4, -0.2) is 14.7 Å². The van der Waals surface area contributed by atoms with Crippen LogP contribution in [0, 0.1) is 3.57 Å². The molecule has 5 aromatic rings. The van der Waals surface area contributed by atoms with Gasteiger partial charge in [0.05, 0.1) is 11.0 Å². The zero-order valence-corrected chi connectivity index (χ0v) is 19.1. The Morgan fingerprint density at radius 2 is 1.45 bits per heavy atom. The SMILES string of the molecule is CS(=O)(=O)Oc1ccc(-c2c3ccccc3c(I)c3sc4ccccc4c23)cc1. The van der Waals surface area contributed by atoms with Crippen LogP contribution in [0.1, 0.15) is 0 Å². The van der Waals surface area contributed by atoms with E-state index in [1.165, 1.54) is 40.1 Å². The molecule has 0 unspecified atom stereocenters. The van der Waals surface area contributed by atoms with Crippen molar-refractivity contribution in [3.05, 3.63) is 76.4 Å². The van der Waals surface area contributed by atoms with Crippen LogP contribution in [-0.2, 0) is 10.1 Å². The summed E-state index contributed by atoms with van der Waals surface area (Å²) in [7, 11) is -3.55. The Bertz CT molecular complexity index is 1500. The standard InChI is InChI=1S/C23H15IO3S2/c1-29(25,26)27-15-12-10-14(11-13-15)20-16-6-2-3-7-17(16)22(24)23-21(20)18-8-4-5-9-19(18)28-23/h2-13H,1H3. The van der Waals surface area contributed by atoms with Gasteiger partial charge in [-0.3, -0.25) is 0 Å². The maximum absolute atomic E-state index is 11.4. The lowest BCUT2D eigenvalue weighted by molar-refractivity contribution is 0.493. The summed E-state index contributed by atoms with van der Waals surface area (Å²) < 4.78 is 31.7. The molecule has 5 rings (SSSR count). The topological polar surface area (TPSA) is 43.4 Å². The highest BCUT2D eigenvalue weighted by Gasteiger charge is 2.18. The van der Waals surface area contributed by atoms with Gasteiger partial charge in [-0.15, -0.1) is 11.3 Å². The lowest BCUT2D eigenvalue weighted by Gasteiger charge is -2.13. The second kappa shape index (κ2) is 6.97. The Kier molecular flexibility index (Phi) is 4.53. The van der Waals surface area contributed by atoms with Crippen molar-refractivity contribution >= 4 is 75.0 Å². The predicted octanol–water partition coefficient (Wildman–Crippen LogP) is 6.82. The minimum atomic E-state index is -3.55. The third-order valence-electron chi connectivity index (χ3n) is 4.87. The summed E-state index contributed by atoms with van der Waals surface area (Å²) in [6, 6.07) is 24.2. The summed E-state index contributed by atoms with van der Waals surface area (Å²) in [5, 5.41) is 4.89. The van der Waals surface area contributed by atoms with Crippen LogP contribution >= 0.6 is 33.9 Å². The van der Waals surface area contributed by atoms with Crippen LogP contribution in [0.5, 0.6) is 5.75 Å². The van der Waals surface area contributed by atoms with Gasteiger partial charge in [0.25, 0.3) is 0 Å². The molecule has 0 bridgehead atoms. The van der Waals surface area contributed by atoms with E-state index in [9.17, 15) is 8.42 Å². The second-order valence-corrected chi connectivity index (χ2v) is 10.6. The molecule has 0 aliphatic rings. The molecule has 0 saturated heterocycles. The number of halogens is 1. The van der Waals surface area contributed by atoms with Gasteiger partial charge in [0.2, 0.25) is 0 Å². The smallest absolute Gasteiger partial charge is 0.306 e. The van der Waals surface area contributed by atoms with Crippen molar-refractivity contribution in [1.29, 1.82) is 0 Å². The van der Waals surface area contributed by atoms with Gasteiger partial charge in [0, 0.05) is 19.0 Å². The van der Waals surface area contributed by atoms with Gasteiger partial charge in [-0.1, -0.05) is 54.6 Å². The highest BCUT2D eigenvalue weighted by molar-refractivity contribution is 14.1. The largest absolute Gasteiger partial charge is 0.383 e. The van der Waals surface area contributed by atoms with Gasteiger partial charge in [-0.05, 0) is 62.7 Å². The molecule has 0 aliphatic heterocycles. The van der Waals surface area contributed by atoms with Gasteiger partial charge in [0.1, 0.15) is 5.75 Å². The Labute approximate surface area is 186 Å². The van der Waals surface area contributed by atoms with E-state index in [1.54, 1.807) is 12.1 Å². The van der Waals surface area contributed by atoms with E-state index < -0.39 is 10.1 Å². The Balaban J connectivity index is 1.87. The van der Waals surface area contributed by atoms with Gasteiger partial charge in [-0.25, -0.2) is 0 Å². The first-order valence-electron chi connectivity index (χ1n) is 8.94. The van der Waals surface area contributed by atoms with Gasteiger partial charge in [0.15, 0.2) is 0 Å². The van der Waals surface area contributed by atoms with E-state index in [1.807, 2.05) is 23.5 Å². The summed E-state index contributed by atoms with van der Waals surface area (Å²) in [4.78, 5) is 0. The van der Waals surface area contributed by atoms with Gasteiger partial charge < -0.3 is 4.18 Å². The zero-order valence-electron chi connectivity index (χ0n) is 15.3. The second-order valence-electron chi connectivity index (χ2n) is 6.85. The third-order valence-corrected chi connectivity index (χ3v) is 8.04.